The molecule has 0 fully saturated rings. The fourth-order valence-electron chi connectivity index (χ4n) is 2.17. The number of amides is 1. The number of carbonyl (C=O) groups excluding carboxylic acids is 2. The first-order valence-corrected chi connectivity index (χ1v) is 9.10. The van der Waals surface area contributed by atoms with E-state index in [9.17, 15) is 14.0 Å². The largest absolute Gasteiger partial charge is 0.451 e. The van der Waals surface area contributed by atoms with Gasteiger partial charge in [0.05, 0.1) is 15.7 Å². The van der Waals surface area contributed by atoms with Crippen LogP contribution in [0.1, 0.15) is 9.67 Å². The molecule has 2 aromatic carbocycles. The highest BCUT2D eigenvalue weighted by Gasteiger charge is 2.17. The second kappa shape index (κ2) is 7.80. The minimum atomic E-state index is -0.728. The van der Waals surface area contributed by atoms with E-state index in [1.54, 1.807) is 12.1 Å². The van der Waals surface area contributed by atoms with Crippen LogP contribution in [0.15, 0.2) is 36.4 Å². The quantitative estimate of drug-likeness (QED) is 0.530. The van der Waals surface area contributed by atoms with Gasteiger partial charge >= 0.3 is 5.97 Å². The van der Waals surface area contributed by atoms with Gasteiger partial charge in [0.15, 0.2) is 6.61 Å². The monoisotopic (exact) mass is 431 g/mol. The van der Waals surface area contributed by atoms with Crippen LogP contribution in [0.2, 0.25) is 15.1 Å². The summed E-state index contributed by atoms with van der Waals surface area (Å²) in [5, 5.41) is 3.41. The van der Waals surface area contributed by atoms with Crippen molar-refractivity contribution in [2.24, 2.45) is 0 Å². The number of carbonyl (C=O) groups is 2. The zero-order valence-corrected chi connectivity index (χ0v) is 15.9. The molecule has 0 saturated carbocycles. The van der Waals surface area contributed by atoms with E-state index in [2.05, 4.69) is 5.32 Å². The number of benzene rings is 2. The van der Waals surface area contributed by atoms with Crippen molar-refractivity contribution in [1.82, 2.24) is 0 Å². The van der Waals surface area contributed by atoms with Crippen molar-refractivity contribution >= 4 is 73.8 Å². The average Bonchev–Trinajstić information content (AvgIpc) is 3.01. The van der Waals surface area contributed by atoms with Gasteiger partial charge in [-0.1, -0.05) is 40.9 Å². The smallest absolute Gasteiger partial charge is 0.348 e. The molecule has 1 amide bonds. The van der Waals surface area contributed by atoms with Crippen LogP contribution in [0.4, 0.5) is 10.1 Å². The molecule has 3 rings (SSSR count). The molecule has 0 aliphatic rings. The summed E-state index contributed by atoms with van der Waals surface area (Å²) >= 11 is 18.8. The zero-order valence-electron chi connectivity index (χ0n) is 12.8. The Balaban J connectivity index is 1.65. The zero-order chi connectivity index (χ0) is 18.8. The number of thiophene rings is 1. The van der Waals surface area contributed by atoms with Crippen molar-refractivity contribution in [2.75, 3.05) is 11.9 Å². The van der Waals surface area contributed by atoms with Gasteiger partial charge in [0.25, 0.3) is 5.91 Å². The van der Waals surface area contributed by atoms with E-state index in [-0.39, 0.29) is 20.6 Å². The first kappa shape index (κ1) is 18.9. The summed E-state index contributed by atoms with van der Waals surface area (Å²) in [5.74, 6) is -1.78. The first-order valence-electron chi connectivity index (χ1n) is 7.14. The van der Waals surface area contributed by atoms with E-state index >= 15 is 0 Å². The van der Waals surface area contributed by atoms with Gasteiger partial charge in [-0.05, 0) is 30.3 Å². The third kappa shape index (κ3) is 4.10. The fraction of sp³-hybridized carbons (Fsp3) is 0.0588. The number of nitrogens with one attached hydrogen (secondary N) is 1. The van der Waals surface area contributed by atoms with Crippen LogP contribution in [0.25, 0.3) is 10.1 Å². The molecule has 0 atom stereocenters. The summed E-state index contributed by atoms with van der Waals surface area (Å²) in [5.41, 5.74) is 0.169. The van der Waals surface area contributed by atoms with Gasteiger partial charge in [0.2, 0.25) is 0 Å². The second-order valence-electron chi connectivity index (χ2n) is 5.13. The SMILES string of the molecule is O=C(COC(=O)c1cc2c(F)cccc2s1)Nc1c(Cl)cc(Cl)cc1Cl. The number of esters is 1. The molecule has 0 aliphatic heterocycles. The summed E-state index contributed by atoms with van der Waals surface area (Å²) in [6, 6.07) is 8.78. The topological polar surface area (TPSA) is 55.4 Å². The third-order valence-corrected chi connectivity index (χ3v) is 5.21. The van der Waals surface area contributed by atoms with Crippen molar-refractivity contribution in [2.45, 2.75) is 0 Å². The Labute approximate surface area is 166 Å². The van der Waals surface area contributed by atoms with Gasteiger partial charge in [0, 0.05) is 15.1 Å². The predicted molar refractivity (Wildman–Crippen MR) is 102 cm³/mol. The third-order valence-electron chi connectivity index (χ3n) is 3.32. The molecule has 134 valence electrons. The van der Waals surface area contributed by atoms with E-state index in [1.807, 2.05) is 0 Å². The van der Waals surface area contributed by atoms with Crippen molar-refractivity contribution in [3.05, 3.63) is 62.2 Å². The molecule has 26 heavy (non-hydrogen) atoms. The van der Waals surface area contributed by atoms with Gasteiger partial charge in [-0.2, -0.15) is 0 Å². The lowest BCUT2D eigenvalue weighted by Gasteiger charge is -2.10. The Morgan fingerprint density at radius 2 is 1.81 bits per heavy atom. The molecule has 0 spiro atoms. The maximum absolute atomic E-state index is 13.7. The van der Waals surface area contributed by atoms with E-state index in [0.29, 0.717) is 15.1 Å². The molecular weight excluding hydrogens is 424 g/mol. The van der Waals surface area contributed by atoms with Gasteiger partial charge < -0.3 is 10.1 Å². The summed E-state index contributed by atoms with van der Waals surface area (Å²) in [6.07, 6.45) is 0. The predicted octanol–water partition coefficient (Wildman–Crippen LogP) is 5.80. The van der Waals surface area contributed by atoms with E-state index in [1.165, 1.54) is 24.3 Å². The van der Waals surface area contributed by atoms with Crippen LogP contribution >= 0.6 is 46.1 Å². The Morgan fingerprint density at radius 1 is 1.12 bits per heavy atom. The molecular formula is C17H9Cl3FNO3S. The fourth-order valence-corrected chi connectivity index (χ4v) is 4.05. The summed E-state index contributed by atoms with van der Waals surface area (Å²) < 4.78 is 19.3. The minimum absolute atomic E-state index is 0.155. The van der Waals surface area contributed by atoms with E-state index in [4.69, 9.17) is 39.5 Å². The number of halogens is 4. The van der Waals surface area contributed by atoms with Crippen LogP contribution in [0.3, 0.4) is 0 Å². The second-order valence-corrected chi connectivity index (χ2v) is 7.47. The lowest BCUT2D eigenvalue weighted by atomic mass is 10.2. The van der Waals surface area contributed by atoms with Crippen molar-refractivity contribution in [1.29, 1.82) is 0 Å². The number of ether oxygens (including phenoxy) is 1. The molecule has 0 saturated heterocycles. The molecule has 9 heteroatoms. The van der Waals surface area contributed by atoms with Crippen LogP contribution in [-0.4, -0.2) is 18.5 Å². The first-order chi connectivity index (χ1) is 12.3. The van der Waals surface area contributed by atoms with Crippen molar-refractivity contribution in [3.8, 4) is 0 Å². The molecule has 0 radical (unpaired) electrons. The summed E-state index contributed by atoms with van der Waals surface area (Å²) in [7, 11) is 0. The average molecular weight is 433 g/mol. The van der Waals surface area contributed by atoms with Gasteiger partial charge in [-0.15, -0.1) is 11.3 Å². The molecule has 1 N–H and O–H groups in total. The number of hydrogen-bond donors (Lipinski definition) is 1. The van der Waals surface area contributed by atoms with E-state index in [0.717, 1.165) is 11.3 Å². The van der Waals surface area contributed by atoms with Crippen LogP contribution in [0, 0.1) is 5.82 Å². The molecule has 4 nitrogen and oxygen atoms in total. The van der Waals surface area contributed by atoms with Crippen LogP contribution in [0.5, 0.6) is 0 Å². The van der Waals surface area contributed by atoms with E-state index < -0.39 is 24.3 Å². The maximum Gasteiger partial charge on any atom is 0.348 e. The molecule has 3 aromatic rings. The lowest BCUT2D eigenvalue weighted by molar-refractivity contribution is -0.119. The highest BCUT2D eigenvalue weighted by Crippen LogP contribution is 2.33. The minimum Gasteiger partial charge on any atom is -0.451 e. The molecule has 1 heterocycles. The highest BCUT2D eigenvalue weighted by atomic mass is 35.5. The van der Waals surface area contributed by atoms with Gasteiger partial charge in [0.1, 0.15) is 10.7 Å². The van der Waals surface area contributed by atoms with Gasteiger partial charge in [-0.3, -0.25) is 4.79 Å². The Hall–Kier alpha value is -1.86. The molecule has 1 aromatic heterocycles. The molecule has 0 bridgehead atoms. The van der Waals surface area contributed by atoms with Crippen LogP contribution < -0.4 is 5.32 Å². The summed E-state index contributed by atoms with van der Waals surface area (Å²) in [6.45, 7) is -0.551. The highest BCUT2D eigenvalue weighted by molar-refractivity contribution is 7.20. The number of rotatable bonds is 4. The van der Waals surface area contributed by atoms with Gasteiger partial charge in [-0.25, -0.2) is 9.18 Å². The standard InChI is InChI=1S/C17H9Cl3FNO3S/c18-8-4-10(19)16(11(20)5-8)22-15(23)7-25-17(24)14-6-9-12(21)2-1-3-13(9)26-14/h1-6H,7H2,(H,22,23). The lowest BCUT2D eigenvalue weighted by Crippen LogP contribution is -2.21. The Bertz CT molecular complexity index is 999. The number of hydrogen-bond acceptors (Lipinski definition) is 4. The molecule has 0 unspecified atom stereocenters. The van der Waals surface area contributed by atoms with Crippen molar-refractivity contribution < 1.29 is 18.7 Å². The Morgan fingerprint density at radius 3 is 2.46 bits per heavy atom. The number of anilines is 1. The normalized spacial score (nSPS) is 10.8. The van der Waals surface area contributed by atoms with Crippen molar-refractivity contribution in [3.63, 3.8) is 0 Å². The van der Waals surface area contributed by atoms with Crippen LogP contribution in [-0.2, 0) is 9.53 Å². The molecule has 0 aliphatic carbocycles. The maximum atomic E-state index is 13.7. The summed E-state index contributed by atoms with van der Waals surface area (Å²) in [4.78, 5) is 24.2. The number of fused-ring (bicyclic) bond motifs is 1. The Kier molecular flexibility index (Phi) is 5.67.